The first-order valence-corrected chi connectivity index (χ1v) is 15.0. The van der Waals surface area contributed by atoms with Gasteiger partial charge in [-0.05, 0) is 117 Å². The molecule has 2 aliphatic carbocycles. The van der Waals surface area contributed by atoms with E-state index in [0.29, 0.717) is 29.0 Å². The second-order valence-corrected chi connectivity index (χ2v) is 11.8. The van der Waals surface area contributed by atoms with E-state index >= 15 is 4.39 Å². The van der Waals surface area contributed by atoms with Crippen molar-refractivity contribution in [3.8, 4) is 22.3 Å². The Kier molecular flexibility index (Phi) is 8.95. The van der Waals surface area contributed by atoms with E-state index in [-0.39, 0.29) is 11.4 Å². The second-order valence-electron chi connectivity index (χ2n) is 11.8. The highest BCUT2D eigenvalue weighted by Gasteiger charge is 2.31. The van der Waals surface area contributed by atoms with Gasteiger partial charge in [0.1, 0.15) is 5.82 Å². The predicted octanol–water partition coefficient (Wildman–Crippen LogP) is 11.0. The van der Waals surface area contributed by atoms with Crippen LogP contribution in [0.1, 0.15) is 88.7 Å². The Hall–Kier alpha value is -2.81. The number of allylic oxidation sites excluding steroid dienone is 2. The summed E-state index contributed by atoms with van der Waals surface area (Å²) in [5.74, 6) is 1.10. The van der Waals surface area contributed by atoms with Crippen molar-refractivity contribution < 1.29 is 13.2 Å². The van der Waals surface area contributed by atoms with Crippen molar-refractivity contribution in [2.24, 2.45) is 17.8 Å². The fraction of sp³-hybridized carbons (Fsp3) is 0.444. The molecule has 0 spiro atoms. The first-order chi connectivity index (χ1) is 19.0. The molecule has 0 saturated heterocycles. The molecule has 0 aromatic heterocycles. The van der Waals surface area contributed by atoms with E-state index in [0.717, 1.165) is 48.1 Å². The first-order valence-electron chi connectivity index (χ1n) is 15.0. The summed E-state index contributed by atoms with van der Waals surface area (Å²) in [6.45, 7) is 4.07. The van der Waals surface area contributed by atoms with E-state index < -0.39 is 11.6 Å². The standard InChI is InChI=1S/C36H41F3/c1-3-5-24-7-9-25(10-8-24)26-11-13-27(14-12-26)31-20-21-32(34(37)23-31)28-15-17-29(18-16-28)33-22-19-30(6-4-2)35(38)36(33)39/h3,5,15-27H,4,6-14H2,1-2H3/b5-3+. The topological polar surface area (TPSA) is 0 Å². The van der Waals surface area contributed by atoms with E-state index in [9.17, 15) is 8.78 Å². The van der Waals surface area contributed by atoms with Crippen molar-refractivity contribution in [1.82, 2.24) is 0 Å². The Morgan fingerprint density at radius 1 is 0.692 bits per heavy atom. The van der Waals surface area contributed by atoms with E-state index in [4.69, 9.17) is 0 Å². The number of hydrogen-bond acceptors (Lipinski definition) is 0. The van der Waals surface area contributed by atoms with Crippen LogP contribution in [-0.4, -0.2) is 0 Å². The third-order valence-corrected chi connectivity index (χ3v) is 9.37. The molecular weight excluding hydrogens is 489 g/mol. The van der Waals surface area contributed by atoms with Crippen molar-refractivity contribution in [2.75, 3.05) is 0 Å². The van der Waals surface area contributed by atoms with Crippen LogP contribution in [0.3, 0.4) is 0 Å². The maximum absolute atomic E-state index is 15.3. The zero-order valence-electron chi connectivity index (χ0n) is 23.4. The van der Waals surface area contributed by atoms with Crippen molar-refractivity contribution in [2.45, 2.75) is 84.0 Å². The van der Waals surface area contributed by atoms with Gasteiger partial charge in [-0.25, -0.2) is 13.2 Å². The highest BCUT2D eigenvalue weighted by molar-refractivity contribution is 5.71. The molecule has 0 N–H and O–H groups in total. The quantitative estimate of drug-likeness (QED) is 0.267. The van der Waals surface area contributed by atoms with Crippen LogP contribution in [0.5, 0.6) is 0 Å². The van der Waals surface area contributed by atoms with Crippen molar-refractivity contribution >= 4 is 0 Å². The fourth-order valence-electron chi connectivity index (χ4n) is 7.13. The molecule has 3 aromatic rings. The van der Waals surface area contributed by atoms with Crippen LogP contribution in [0, 0.1) is 35.2 Å². The zero-order chi connectivity index (χ0) is 27.4. The molecule has 5 rings (SSSR count). The summed E-state index contributed by atoms with van der Waals surface area (Å²) in [5.41, 5.74) is 3.61. The number of benzene rings is 3. The Morgan fingerprint density at radius 2 is 1.28 bits per heavy atom. The van der Waals surface area contributed by atoms with Crippen LogP contribution in [0.25, 0.3) is 22.3 Å². The maximum Gasteiger partial charge on any atom is 0.166 e. The van der Waals surface area contributed by atoms with Gasteiger partial charge in [-0.1, -0.05) is 74.0 Å². The highest BCUT2D eigenvalue weighted by atomic mass is 19.2. The van der Waals surface area contributed by atoms with Crippen LogP contribution >= 0.6 is 0 Å². The predicted molar refractivity (Wildman–Crippen MR) is 156 cm³/mol. The van der Waals surface area contributed by atoms with E-state index in [1.165, 1.54) is 38.5 Å². The molecule has 3 aromatic carbocycles. The van der Waals surface area contributed by atoms with Gasteiger partial charge in [0.15, 0.2) is 11.6 Å². The Labute approximate surface area is 232 Å². The van der Waals surface area contributed by atoms with E-state index in [2.05, 4.69) is 25.1 Å². The molecule has 2 saturated carbocycles. The molecule has 0 bridgehead atoms. The van der Waals surface area contributed by atoms with Crippen LogP contribution < -0.4 is 0 Å². The molecular formula is C36H41F3. The fourth-order valence-corrected chi connectivity index (χ4v) is 7.13. The normalized spacial score (nSPS) is 23.8. The van der Waals surface area contributed by atoms with Gasteiger partial charge in [0.25, 0.3) is 0 Å². The van der Waals surface area contributed by atoms with Gasteiger partial charge >= 0.3 is 0 Å². The maximum atomic E-state index is 15.3. The summed E-state index contributed by atoms with van der Waals surface area (Å²) in [5, 5.41) is 0. The zero-order valence-corrected chi connectivity index (χ0v) is 23.4. The third-order valence-electron chi connectivity index (χ3n) is 9.37. The van der Waals surface area contributed by atoms with Crippen LogP contribution in [0.4, 0.5) is 13.2 Å². The monoisotopic (exact) mass is 530 g/mol. The van der Waals surface area contributed by atoms with E-state index in [1.807, 2.05) is 13.0 Å². The summed E-state index contributed by atoms with van der Waals surface area (Å²) >= 11 is 0. The molecule has 2 aliphatic rings. The number of halogens is 3. The third kappa shape index (κ3) is 6.18. The molecule has 206 valence electrons. The molecule has 3 heteroatoms. The molecule has 39 heavy (non-hydrogen) atoms. The van der Waals surface area contributed by atoms with E-state index in [1.54, 1.807) is 42.5 Å². The lowest BCUT2D eigenvalue weighted by Crippen LogP contribution is -2.25. The summed E-state index contributed by atoms with van der Waals surface area (Å²) in [7, 11) is 0. The summed E-state index contributed by atoms with van der Waals surface area (Å²) in [6, 6.07) is 16.1. The number of rotatable bonds is 7. The molecule has 0 unspecified atom stereocenters. The highest BCUT2D eigenvalue weighted by Crippen LogP contribution is 2.44. The Morgan fingerprint density at radius 3 is 1.87 bits per heavy atom. The van der Waals surface area contributed by atoms with Crippen molar-refractivity contribution in [3.63, 3.8) is 0 Å². The number of aryl methyl sites for hydroxylation is 1. The summed E-state index contributed by atoms with van der Waals surface area (Å²) in [6.07, 6.45) is 16.0. The van der Waals surface area contributed by atoms with Gasteiger partial charge in [-0.3, -0.25) is 0 Å². The van der Waals surface area contributed by atoms with Crippen LogP contribution in [0.15, 0.2) is 66.7 Å². The average molecular weight is 531 g/mol. The lowest BCUT2D eigenvalue weighted by atomic mass is 9.68. The summed E-state index contributed by atoms with van der Waals surface area (Å²) in [4.78, 5) is 0. The van der Waals surface area contributed by atoms with Crippen molar-refractivity contribution in [1.29, 1.82) is 0 Å². The van der Waals surface area contributed by atoms with Crippen molar-refractivity contribution in [3.05, 3.63) is 95.3 Å². The SMILES string of the molecule is C/C=C/C1CCC(C2CCC(c3ccc(-c4ccc(-c5ccc(CCC)c(F)c5F)cc4)c(F)c3)CC2)CC1. The molecule has 0 nitrogen and oxygen atoms in total. The lowest BCUT2D eigenvalue weighted by Gasteiger charge is -2.37. The minimum absolute atomic E-state index is 0.217. The number of hydrogen-bond donors (Lipinski definition) is 0. The largest absolute Gasteiger partial charge is 0.206 e. The molecule has 2 fully saturated rings. The minimum atomic E-state index is -0.819. The van der Waals surface area contributed by atoms with Gasteiger partial charge in [-0.15, -0.1) is 0 Å². The van der Waals surface area contributed by atoms with Gasteiger partial charge in [0, 0.05) is 11.1 Å². The van der Waals surface area contributed by atoms with Gasteiger partial charge in [0.05, 0.1) is 0 Å². The average Bonchev–Trinajstić information content (AvgIpc) is 2.97. The Balaban J connectivity index is 1.22. The molecule has 0 amide bonds. The lowest BCUT2D eigenvalue weighted by molar-refractivity contribution is 0.171. The van der Waals surface area contributed by atoms with Crippen LogP contribution in [0.2, 0.25) is 0 Å². The molecule has 0 radical (unpaired) electrons. The Bertz CT molecular complexity index is 1270. The first kappa shape index (κ1) is 27.7. The second kappa shape index (κ2) is 12.6. The van der Waals surface area contributed by atoms with Crippen LogP contribution in [-0.2, 0) is 6.42 Å². The van der Waals surface area contributed by atoms with Gasteiger partial charge < -0.3 is 0 Å². The van der Waals surface area contributed by atoms with Gasteiger partial charge in [0.2, 0.25) is 0 Å². The molecule has 0 heterocycles. The smallest absolute Gasteiger partial charge is 0.166 e. The molecule has 0 aliphatic heterocycles. The summed E-state index contributed by atoms with van der Waals surface area (Å²) < 4.78 is 44.5. The molecule has 0 atom stereocenters. The minimum Gasteiger partial charge on any atom is -0.206 e. The van der Waals surface area contributed by atoms with Gasteiger partial charge in [-0.2, -0.15) is 0 Å².